The molecule has 0 spiro atoms. The van der Waals surface area contributed by atoms with Gasteiger partial charge in [-0.2, -0.15) is 0 Å². The average Bonchev–Trinajstić information content (AvgIpc) is 2.65. The standard InChI is InChI=1S/C20H17NO3/c1-23-18-10-7-15(8-11-18)14-24-19(22)12-9-17-5-2-4-16-6-3-13-21-20(16)17/h2-13H,14H2,1H3/b12-9+. The van der Waals surface area contributed by atoms with E-state index in [1.807, 2.05) is 54.6 Å². The molecule has 3 aromatic rings. The summed E-state index contributed by atoms with van der Waals surface area (Å²) < 4.78 is 10.3. The van der Waals surface area contributed by atoms with Gasteiger partial charge in [0.2, 0.25) is 0 Å². The molecule has 4 nitrogen and oxygen atoms in total. The van der Waals surface area contributed by atoms with Gasteiger partial charge in [0, 0.05) is 23.2 Å². The number of aromatic nitrogens is 1. The summed E-state index contributed by atoms with van der Waals surface area (Å²) in [6.07, 6.45) is 4.89. The number of carbonyl (C=O) groups excluding carboxylic acids is 1. The van der Waals surface area contributed by atoms with Crippen molar-refractivity contribution in [2.45, 2.75) is 6.61 Å². The van der Waals surface area contributed by atoms with Crippen LogP contribution >= 0.6 is 0 Å². The Kier molecular flexibility index (Phi) is 4.87. The maximum atomic E-state index is 11.9. The molecular weight excluding hydrogens is 302 g/mol. The molecule has 0 radical (unpaired) electrons. The molecule has 0 atom stereocenters. The Labute approximate surface area is 140 Å². The molecule has 0 saturated carbocycles. The Balaban J connectivity index is 1.64. The minimum Gasteiger partial charge on any atom is -0.497 e. The fourth-order valence-electron chi connectivity index (χ4n) is 2.34. The molecule has 2 aromatic carbocycles. The van der Waals surface area contributed by atoms with E-state index in [1.165, 1.54) is 6.08 Å². The van der Waals surface area contributed by atoms with Gasteiger partial charge < -0.3 is 9.47 Å². The van der Waals surface area contributed by atoms with E-state index in [1.54, 1.807) is 19.4 Å². The third-order valence-electron chi connectivity index (χ3n) is 3.60. The summed E-state index contributed by atoms with van der Waals surface area (Å²) in [6, 6.07) is 17.1. The predicted octanol–water partition coefficient (Wildman–Crippen LogP) is 4.00. The van der Waals surface area contributed by atoms with Crippen molar-refractivity contribution in [3.63, 3.8) is 0 Å². The smallest absolute Gasteiger partial charge is 0.331 e. The monoisotopic (exact) mass is 319 g/mol. The number of pyridine rings is 1. The van der Waals surface area contributed by atoms with E-state index >= 15 is 0 Å². The Morgan fingerprint density at radius 3 is 2.67 bits per heavy atom. The Bertz CT molecular complexity index is 864. The number of rotatable bonds is 5. The minimum absolute atomic E-state index is 0.223. The molecule has 0 amide bonds. The van der Waals surface area contributed by atoms with E-state index in [0.717, 1.165) is 27.8 Å². The zero-order chi connectivity index (χ0) is 16.8. The Morgan fingerprint density at radius 1 is 1.08 bits per heavy atom. The lowest BCUT2D eigenvalue weighted by atomic mass is 10.1. The van der Waals surface area contributed by atoms with Crippen LogP contribution < -0.4 is 4.74 Å². The van der Waals surface area contributed by atoms with Gasteiger partial charge in [-0.25, -0.2) is 4.79 Å². The third kappa shape index (κ3) is 3.79. The molecule has 0 aliphatic carbocycles. The van der Waals surface area contributed by atoms with Crippen LogP contribution in [0.25, 0.3) is 17.0 Å². The number of benzene rings is 2. The summed E-state index contributed by atoms with van der Waals surface area (Å²) in [6.45, 7) is 0.223. The van der Waals surface area contributed by atoms with Crippen LogP contribution in [0.5, 0.6) is 5.75 Å². The lowest BCUT2D eigenvalue weighted by molar-refractivity contribution is -0.138. The van der Waals surface area contributed by atoms with Crippen LogP contribution in [-0.4, -0.2) is 18.1 Å². The molecule has 1 heterocycles. The normalized spacial score (nSPS) is 10.9. The van der Waals surface area contributed by atoms with Crippen molar-refractivity contribution in [3.8, 4) is 5.75 Å². The summed E-state index contributed by atoms with van der Waals surface area (Å²) in [5.41, 5.74) is 2.65. The first-order chi connectivity index (χ1) is 11.8. The van der Waals surface area contributed by atoms with E-state index in [2.05, 4.69) is 4.98 Å². The second kappa shape index (κ2) is 7.42. The van der Waals surface area contributed by atoms with E-state index in [4.69, 9.17) is 9.47 Å². The van der Waals surface area contributed by atoms with Crippen LogP contribution in [0.1, 0.15) is 11.1 Å². The number of ether oxygens (including phenoxy) is 2. The van der Waals surface area contributed by atoms with Crippen LogP contribution in [-0.2, 0) is 16.1 Å². The largest absolute Gasteiger partial charge is 0.497 e. The highest BCUT2D eigenvalue weighted by Gasteiger charge is 2.02. The van der Waals surface area contributed by atoms with Gasteiger partial charge >= 0.3 is 5.97 Å². The molecule has 0 N–H and O–H groups in total. The van der Waals surface area contributed by atoms with Gasteiger partial charge in [-0.15, -0.1) is 0 Å². The first-order valence-electron chi connectivity index (χ1n) is 7.58. The highest BCUT2D eigenvalue weighted by Crippen LogP contribution is 2.17. The van der Waals surface area contributed by atoms with E-state index in [9.17, 15) is 4.79 Å². The molecular formula is C20H17NO3. The average molecular weight is 319 g/mol. The third-order valence-corrected chi connectivity index (χ3v) is 3.60. The second-order valence-corrected chi connectivity index (χ2v) is 5.21. The quantitative estimate of drug-likeness (QED) is 0.527. The van der Waals surface area contributed by atoms with Crippen LogP contribution in [0, 0.1) is 0 Å². The molecule has 3 rings (SSSR count). The summed E-state index contributed by atoms with van der Waals surface area (Å²) in [4.78, 5) is 16.2. The van der Waals surface area contributed by atoms with Crippen molar-refractivity contribution in [3.05, 3.63) is 78.0 Å². The molecule has 0 saturated heterocycles. The number of carbonyl (C=O) groups is 1. The number of hydrogen-bond donors (Lipinski definition) is 0. The number of hydrogen-bond acceptors (Lipinski definition) is 4. The summed E-state index contributed by atoms with van der Waals surface area (Å²) in [5, 5.41) is 1.03. The van der Waals surface area contributed by atoms with Crippen molar-refractivity contribution in [1.82, 2.24) is 4.98 Å². The first kappa shape index (κ1) is 15.7. The fraction of sp³-hybridized carbons (Fsp3) is 0.100. The van der Waals surface area contributed by atoms with Crippen LogP contribution in [0.2, 0.25) is 0 Å². The maximum Gasteiger partial charge on any atom is 0.331 e. The maximum absolute atomic E-state index is 11.9. The zero-order valence-corrected chi connectivity index (χ0v) is 13.3. The Morgan fingerprint density at radius 2 is 1.88 bits per heavy atom. The second-order valence-electron chi connectivity index (χ2n) is 5.21. The van der Waals surface area contributed by atoms with Crippen molar-refractivity contribution < 1.29 is 14.3 Å². The molecule has 120 valence electrons. The highest BCUT2D eigenvalue weighted by atomic mass is 16.5. The van der Waals surface area contributed by atoms with Crippen LogP contribution in [0.3, 0.4) is 0 Å². The highest BCUT2D eigenvalue weighted by molar-refractivity contribution is 5.92. The molecule has 1 aromatic heterocycles. The molecule has 4 heteroatoms. The van der Waals surface area contributed by atoms with Crippen molar-refractivity contribution in [1.29, 1.82) is 0 Å². The topological polar surface area (TPSA) is 48.4 Å². The first-order valence-corrected chi connectivity index (χ1v) is 7.58. The fourth-order valence-corrected chi connectivity index (χ4v) is 2.34. The number of nitrogens with zero attached hydrogens (tertiary/aromatic N) is 1. The van der Waals surface area contributed by atoms with E-state index in [-0.39, 0.29) is 6.61 Å². The molecule has 0 unspecified atom stereocenters. The zero-order valence-electron chi connectivity index (χ0n) is 13.3. The molecule has 0 bridgehead atoms. The number of fused-ring (bicyclic) bond motifs is 1. The number of methoxy groups -OCH3 is 1. The molecule has 0 aliphatic rings. The summed E-state index contributed by atoms with van der Waals surface area (Å²) in [5.74, 6) is 0.382. The summed E-state index contributed by atoms with van der Waals surface area (Å²) >= 11 is 0. The SMILES string of the molecule is COc1ccc(COC(=O)/C=C/c2cccc3cccnc23)cc1. The Hall–Kier alpha value is -3.14. The minimum atomic E-state index is -0.390. The van der Waals surface area contributed by atoms with Crippen molar-refractivity contribution in [2.24, 2.45) is 0 Å². The van der Waals surface area contributed by atoms with E-state index < -0.39 is 5.97 Å². The lowest BCUT2D eigenvalue weighted by Gasteiger charge is -2.04. The molecule has 0 fully saturated rings. The van der Waals surface area contributed by atoms with Gasteiger partial charge in [-0.05, 0) is 29.8 Å². The van der Waals surface area contributed by atoms with Crippen molar-refractivity contribution in [2.75, 3.05) is 7.11 Å². The van der Waals surface area contributed by atoms with Gasteiger partial charge in [-0.1, -0.05) is 36.4 Å². The van der Waals surface area contributed by atoms with Gasteiger partial charge in [0.1, 0.15) is 12.4 Å². The van der Waals surface area contributed by atoms with Gasteiger partial charge in [0.15, 0.2) is 0 Å². The predicted molar refractivity (Wildman–Crippen MR) is 93.6 cm³/mol. The lowest BCUT2D eigenvalue weighted by Crippen LogP contribution is -2.00. The van der Waals surface area contributed by atoms with Gasteiger partial charge in [0.05, 0.1) is 12.6 Å². The van der Waals surface area contributed by atoms with Gasteiger partial charge in [0.25, 0.3) is 0 Å². The number of esters is 1. The van der Waals surface area contributed by atoms with Crippen LogP contribution in [0.15, 0.2) is 66.9 Å². The number of para-hydroxylation sites is 1. The van der Waals surface area contributed by atoms with Gasteiger partial charge in [-0.3, -0.25) is 4.98 Å². The summed E-state index contributed by atoms with van der Waals surface area (Å²) in [7, 11) is 1.61. The molecule has 0 aliphatic heterocycles. The van der Waals surface area contributed by atoms with Crippen molar-refractivity contribution >= 4 is 22.9 Å². The molecule has 24 heavy (non-hydrogen) atoms. The van der Waals surface area contributed by atoms with E-state index in [0.29, 0.717) is 0 Å². The van der Waals surface area contributed by atoms with Crippen LogP contribution in [0.4, 0.5) is 0 Å².